The van der Waals surface area contributed by atoms with Crippen LogP contribution < -0.4 is 4.74 Å². The van der Waals surface area contributed by atoms with Crippen LogP contribution >= 0.6 is 0 Å². The monoisotopic (exact) mass is 695 g/mol. The summed E-state index contributed by atoms with van der Waals surface area (Å²) in [6, 6.07) is 14.9. The van der Waals surface area contributed by atoms with Gasteiger partial charge in [-0.15, -0.1) is 13.2 Å². The van der Waals surface area contributed by atoms with E-state index in [-0.39, 0.29) is 48.4 Å². The average Bonchev–Trinajstić information content (AvgIpc) is 3.34. The lowest BCUT2D eigenvalue weighted by Gasteiger charge is -2.71. The van der Waals surface area contributed by atoms with E-state index >= 15 is 0 Å². The molecule has 0 aromatic heterocycles. The number of hydrogen-bond donors (Lipinski definition) is 4. The van der Waals surface area contributed by atoms with Gasteiger partial charge < -0.3 is 25.2 Å². The van der Waals surface area contributed by atoms with Crippen LogP contribution in [0.25, 0.3) is 0 Å². The molecule has 0 amide bonds. The molecule has 2 bridgehead atoms. The Hall–Kier alpha value is -3.02. The fourth-order valence-corrected chi connectivity index (χ4v) is 11.3. The Bertz CT molecular complexity index is 1660. The second kappa shape index (κ2) is 12.3. The van der Waals surface area contributed by atoms with Crippen molar-refractivity contribution < 1.29 is 43.1 Å². The van der Waals surface area contributed by atoms with Gasteiger partial charge in [-0.05, 0) is 79.9 Å². The van der Waals surface area contributed by atoms with Crippen LogP contribution in [0.1, 0.15) is 74.7 Å². The van der Waals surface area contributed by atoms with Crippen LogP contribution in [-0.4, -0.2) is 75.0 Å². The normalized spacial score (nSPS) is 37.9. The summed E-state index contributed by atoms with van der Waals surface area (Å²) >= 11 is 0. The Morgan fingerprint density at radius 2 is 1.62 bits per heavy atom. The van der Waals surface area contributed by atoms with E-state index in [0.29, 0.717) is 36.8 Å². The molecule has 8 rings (SSSR count). The standard InChI is InChI=1S/C40H48F3NO6/c1-35-15-12-28(46)20-37(35)18-19-39(31(21-37)34(48)27-6-4-3-5-7-27)32(35)13-16-36(2)33(39)14-17-38(36,49)25-44(23-29(47)24-45)22-26-8-10-30(11-9-26)50-40(41,42)43/h3-11,18-19,21,28-29,32-33,45-47,49H,12-17,20,22-25H2,1-2H3. The maximum atomic E-state index is 14.6. The Morgan fingerprint density at radius 3 is 2.30 bits per heavy atom. The minimum Gasteiger partial charge on any atom is -0.406 e. The van der Waals surface area contributed by atoms with E-state index < -0.39 is 47.0 Å². The number of benzene rings is 2. The molecule has 6 aliphatic carbocycles. The predicted octanol–water partition coefficient (Wildman–Crippen LogP) is 6.21. The van der Waals surface area contributed by atoms with Crippen molar-refractivity contribution in [2.24, 2.45) is 33.5 Å². The third kappa shape index (κ3) is 5.48. The Morgan fingerprint density at radius 1 is 0.960 bits per heavy atom. The molecular weight excluding hydrogens is 647 g/mol. The van der Waals surface area contributed by atoms with Crippen LogP contribution in [0, 0.1) is 33.5 Å². The maximum Gasteiger partial charge on any atom is 0.573 e. The van der Waals surface area contributed by atoms with Crippen LogP contribution in [0.4, 0.5) is 13.2 Å². The highest BCUT2D eigenvalue weighted by Crippen LogP contribution is 2.78. The molecule has 9 unspecified atom stereocenters. The van der Waals surface area contributed by atoms with E-state index in [2.05, 4.69) is 36.8 Å². The summed E-state index contributed by atoms with van der Waals surface area (Å²) in [5.41, 5.74) is -1.00. The number of allylic oxidation sites excluding steroid dienone is 4. The molecule has 3 fully saturated rings. The lowest BCUT2D eigenvalue weighted by atomic mass is 9.32. The fraction of sp³-hybridized carbons (Fsp3) is 0.575. The largest absolute Gasteiger partial charge is 0.573 e. The number of alkyl halides is 3. The number of aliphatic hydroxyl groups excluding tert-OH is 3. The molecule has 9 atom stereocenters. The van der Waals surface area contributed by atoms with Gasteiger partial charge in [-0.1, -0.05) is 74.5 Å². The van der Waals surface area contributed by atoms with Crippen molar-refractivity contribution in [3.63, 3.8) is 0 Å². The number of rotatable bonds is 10. The third-order valence-electron chi connectivity index (χ3n) is 13.7. The van der Waals surface area contributed by atoms with Crippen molar-refractivity contribution in [2.45, 2.75) is 89.5 Å². The Labute approximate surface area is 291 Å². The second-order valence-electron chi connectivity index (χ2n) is 16.2. The predicted molar refractivity (Wildman–Crippen MR) is 181 cm³/mol. The molecule has 6 aliphatic rings. The summed E-state index contributed by atoms with van der Waals surface area (Å²) in [6.07, 6.45) is 5.23. The summed E-state index contributed by atoms with van der Waals surface area (Å²) in [5, 5.41) is 44.1. The molecule has 2 aromatic rings. The van der Waals surface area contributed by atoms with E-state index in [4.69, 9.17) is 0 Å². The summed E-state index contributed by atoms with van der Waals surface area (Å²) in [6.45, 7) is 4.44. The molecule has 0 heterocycles. The van der Waals surface area contributed by atoms with Crippen molar-refractivity contribution in [3.8, 4) is 5.75 Å². The van der Waals surface area contributed by atoms with E-state index in [1.54, 1.807) is 0 Å². The minimum atomic E-state index is -4.81. The lowest BCUT2D eigenvalue weighted by Crippen LogP contribution is -2.67. The number of fused-ring (bicyclic) bond motifs is 1. The number of carbonyl (C=O) groups excluding carboxylic acids is 1. The maximum absolute atomic E-state index is 14.6. The first-order valence-corrected chi connectivity index (χ1v) is 17.9. The van der Waals surface area contributed by atoms with E-state index in [9.17, 15) is 38.4 Å². The zero-order chi connectivity index (χ0) is 35.7. The van der Waals surface area contributed by atoms with Gasteiger partial charge in [-0.3, -0.25) is 9.69 Å². The average molecular weight is 696 g/mol. The highest BCUT2D eigenvalue weighted by molar-refractivity contribution is 6.10. The molecule has 2 aromatic carbocycles. The molecule has 270 valence electrons. The van der Waals surface area contributed by atoms with Gasteiger partial charge in [0.25, 0.3) is 0 Å². The SMILES string of the molecule is CC12CCC(O)CC13C=CC1(C(C(=O)c4ccccc4)=C3)C2CCC2(C)C1CCC2(O)CN(Cc1ccc(OC(F)(F)F)cc1)CC(O)CO. The second-order valence-corrected chi connectivity index (χ2v) is 16.2. The molecule has 3 saturated carbocycles. The number of carbonyl (C=O) groups is 1. The highest BCUT2D eigenvalue weighted by atomic mass is 19.4. The third-order valence-corrected chi connectivity index (χ3v) is 13.7. The first-order valence-electron chi connectivity index (χ1n) is 17.9. The molecule has 0 saturated heterocycles. The number of hydrogen-bond acceptors (Lipinski definition) is 7. The molecule has 50 heavy (non-hydrogen) atoms. The molecule has 7 nitrogen and oxygen atoms in total. The zero-order valence-corrected chi connectivity index (χ0v) is 28.7. The number of ketones is 1. The molecule has 2 spiro atoms. The first kappa shape index (κ1) is 35.4. The van der Waals surface area contributed by atoms with Gasteiger partial charge in [0, 0.05) is 47.0 Å². The van der Waals surface area contributed by atoms with Gasteiger partial charge in [0.05, 0.1) is 24.4 Å². The van der Waals surface area contributed by atoms with Gasteiger partial charge >= 0.3 is 6.36 Å². The van der Waals surface area contributed by atoms with Gasteiger partial charge in [0.2, 0.25) is 0 Å². The highest BCUT2D eigenvalue weighted by Gasteiger charge is 2.74. The van der Waals surface area contributed by atoms with Gasteiger partial charge in [-0.25, -0.2) is 0 Å². The number of ether oxygens (including phenoxy) is 1. The smallest absolute Gasteiger partial charge is 0.406 e. The van der Waals surface area contributed by atoms with Crippen LogP contribution in [0.3, 0.4) is 0 Å². The van der Waals surface area contributed by atoms with Gasteiger partial charge in [0.15, 0.2) is 5.78 Å². The number of nitrogens with zero attached hydrogens (tertiary/aromatic N) is 1. The number of Topliss-reactive ketones (excluding diaryl/α,β-unsaturated/α-hetero) is 1. The quantitative estimate of drug-likeness (QED) is 0.173. The van der Waals surface area contributed by atoms with Crippen molar-refractivity contribution >= 4 is 5.78 Å². The van der Waals surface area contributed by atoms with Crippen molar-refractivity contribution in [1.29, 1.82) is 0 Å². The van der Waals surface area contributed by atoms with Crippen LogP contribution in [0.2, 0.25) is 0 Å². The summed E-state index contributed by atoms with van der Waals surface area (Å²) in [4.78, 5) is 16.5. The van der Waals surface area contributed by atoms with E-state index in [1.807, 2.05) is 35.2 Å². The van der Waals surface area contributed by atoms with Crippen LogP contribution in [0.15, 0.2) is 78.4 Å². The number of halogens is 3. The number of aliphatic hydroxyl groups is 4. The topological polar surface area (TPSA) is 110 Å². The lowest BCUT2D eigenvalue weighted by molar-refractivity contribution is -0.274. The first-order chi connectivity index (χ1) is 23.6. The van der Waals surface area contributed by atoms with Crippen LogP contribution in [0.5, 0.6) is 5.75 Å². The van der Waals surface area contributed by atoms with Crippen molar-refractivity contribution in [3.05, 3.63) is 89.5 Å². The Kier molecular flexibility index (Phi) is 8.70. The molecule has 0 aliphatic heterocycles. The summed E-state index contributed by atoms with van der Waals surface area (Å²) < 4.78 is 42.3. The Balaban J connectivity index is 1.24. The molecular formula is C40H48F3NO6. The molecule has 10 heteroatoms. The zero-order valence-electron chi connectivity index (χ0n) is 28.7. The van der Waals surface area contributed by atoms with Crippen molar-refractivity contribution in [2.75, 3.05) is 19.7 Å². The van der Waals surface area contributed by atoms with E-state index in [0.717, 1.165) is 24.8 Å². The van der Waals surface area contributed by atoms with Crippen molar-refractivity contribution in [1.82, 2.24) is 4.90 Å². The molecule has 0 radical (unpaired) electrons. The fourth-order valence-electron chi connectivity index (χ4n) is 11.3. The molecule has 4 N–H and O–H groups in total. The van der Waals surface area contributed by atoms with Gasteiger partial charge in [0.1, 0.15) is 5.75 Å². The summed E-state index contributed by atoms with van der Waals surface area (Å²) in [5.74, 6) is -0.271. The van der Waals surface area contributed by atoms with E-state index in [1.165, 1.54) is 24.3 Å². The summed E-state index contributed by atoms with van der Waals surface area (Å²) in [7, 11) is 0. The van der Waals surface area contributed by atoms with Gasteiger partial charge in [-0.2, -0.15) is 0 Å². The van der Waals surface area contributed by atoms with Crippen LogP contribution in [-0.2, 0) is 6.54 Å². The minimum absolute atomic E-state index is 0.00762.